The summed E-state index contributed by atoms with van der Waals surface area (Å²) in [5.74, 6) is -0.465. The lowest BCUT2D eigenvalue weighted by Crippen LogP contribution is -2.17. The van der Waals surface area contributed by atoms with Gasteiger partial charge in [0, 0.05) is 5.39 Å². The molecule has 0 fully saturated rings. The van der Waals surface area contributed by atoms with Gasteiger partial charge in [0.15, 0.2) is 11.2 Å². The second-order valence-corrected chi connectivity index (χ2v) is 6.62. The fraction of sp³-hybridized carbons (Fsp3) is 0.263. The predicted octanol–water partition coefficient (Wildman–Crippen LogP) is 4.02. The van der Waals surface area contributed by atoms with E-state index in [0.717, 1.165) is 5.56 Å². The van der Waals surface area contributed by atoms with Gasteiger partial charge in [-0.05, 0) is 35.7 Å². The van der Waals surface area contributed by atoms with E-state index in [1.807, 2.05) is 26.0 Å². The molecular weight excluding hydrogens is 342 g/mol. The van der Waals surface area contributed by atoms with Gasteiger partial charge in [0.05, 0.1) is 28.6 Å². The molecule has 0 amide bonds. The Labute approximate surface area is 149 Å². The van der Waals surface area contributed by atoms with E-state index in [1.165, 1.54) is 7.11 Å². The van der Waals surface area contributed by atoms with Crippen LogP contribution in [0.2, 0.25) is 5.02 Å². The molecule has 1 heterocycles. The number of ether oxygens (including phenoxy) is 1. The van der Waals surface area contributed by atoms with Gasteiger partial charge in [0.25, 0.3) is 0 Å². The van der Waals surface area contributed by atoms with E-state index < -0.39 is 5.97 Å². The lowest BCUT2D eigenvalue weighted by Gasteiger charge is -2.18. The number of benzene rings is 2. The Morgan fingerprint density at radius 2 is 1.92 bits per heavy atom. The minimum atomic E-state index is -1.01. The second-order valence-electron chi connectivity index (χ2n) is 6.22. The van der Waals surface area contributed by atoms with E-state index in [-0.39, 0.29) is 17.9 Å². The number of halogens is 1. The third kappa shape index (κ3) is 2.85. The molecule has 0 aliphatic carbocycles. The number of rotatable bonds is 4. The molecule has 0 spiro atoms. The normalized spacial score (nSPS) is 11.4. The van der Waals surface area contributed by atoms with Gasteiger partial charge in [-0.1, -0.05) is 31.5 Å². The van der Waals surface area contributed by atoms with Gasteiger partial charge in [-0.25, -0.2) is 0 Å². The van der Waals surface area contributed by atoms with Crippen molar-refractivity contribution in [1.29, 1.82) is 0 Å². The molecule has 3 rings (SSSR count). The Morgan fingerprint density at radius 1 is 1.24 bits per heavy atom. The maximum atomic E-state index is 12.9. The highest BCUT2D eigenvalue weighted by Crippen LogP contribution is 2.34. The Kier molecular flexibility index (Phi) is 4.43. The molecule has 1 aromatic heterocycles. The van der Waals surface area contributed by atoms with Gasteiger partial charge in [-0.3, -0.25) is 9.59 Å². The fourth-order valence-corrected chi connectivity index (χ4v) is 3.31. The van der Waals surface area contributed by atoms with Gasteiger partial charge in [0.1, 0.15) is 6.54 Å². The van der Waals surface area contributed by atoms with Crippen LogP contribution in [-0.4, -0.2) is 22.8 Å². The minimum Gasteiger partial charge on any atom is -0.493 e. The van der Waals surface area contributed by atoms with E-state index >= 15 is 0 Å². The second kappa shape index (κ2) is 6.41. The molecule has 0 saturated heterocycles. The topological polar surface area (TPSA) is 68.5 Å². The predicted molar refractivity (Wildman–Crippen MR) is 99.0 cm³/mol. The number of fused-ring (bicyclic) bond motifs is 2. The first-order valence-corrected chi connectivity index (χ1v) is 8.27. The summed E-state index contributed by atoms with van der Waals surface area (Å²) in [5.41, 5.74) is 1.81. The van der Waals surface area contributed by atoms with Crippen LogP contribution >= 0.6 is 11.6 Å². The van der Waals surface area contributed by atoms with Crippen LogP contribution in [0.25, 0.3) is 21.8 Å². The summed E-state index contributed by atoms with van der Waals surface area (Å²) in [4.78, 5) is 24.4. The Bertz CT molecular complexity index is 1050. The van der Waals surface area contributed by atoms with Crippen molar-refractivity contribution in [3.63, 3.8) is 0 Å². The quantitative estimate of drug-likeness (QED) is 0.714. The van der Waals surface area contributed by atoms with Crippen molar-refractivity contribution in [2.75, 3.05) is 7.11 Å². The van der Waals surface area contributed by atoms with Crippen molar-refractivity contribution in [3.05, 3.63) is 51.1 Å². The van der Waals surface area contributed by atoms with Gasteiger partial charge in [-0.2, -0.15) is 0 Å². The first kappa shape index (κ1) is 17.3. The van der Waals surface area contributed by atoms with Gasteiger partial charge < -0.3 is 14.4 Å². The SMILES string of the molecule is COc1c(Cl)ccc2c(=O)c3ccc(C(C)C)cc3n(CC(=O)O)c12. The number of hydrogen-bond donors (Lipinski definition) is 1. The van der Waals surface area contributed by atoms with Crippen LogP contribution in [0.15, 0.2) is 35.1 Å². The first-order chi connectivity index (χ1) is 11.8. The maximum Gasteiger partial charge on any atom is 0.323 e. The standard InChI is InChI=1S/C19H18ClNO4/c1-10(2)11-4-5-12-15(8-11)21(9-16(22)23)17-13(18(12)24)6-7-14(20)19(17)25-3/h4-8,10H,9H2,1-3H3,(H,22,23). The maximum absolute atomic E-state index is 12.9. The van der Waals surface area contributed by atoms with E-state index in [1.54, 1.807) is 22.8 Å². The van der Waals surface area contributed by atoms with Crippen molar-refractivity contribution >= 4 is 39.4 Å². The number of aromatic nitrogens is 1. The molecule has 25 heavy (non-hydrogen) atoms. The highest BCUT2D eigenvalue weighted by Gasteiger charge is 2.19. The van der Waals surface area contributed by atoms with Crippen LogP contribution in [0.3, 0.4) is 0 Å². The number of carboxylic acids is 1. The van der Waals surface area contributed by atoms with Crippen molar-refractivity contribution < 1.29 is 14.6 Å². The summed E-state index contributed by atoms with van der Waals surface area (Å²) in [6.07, 6.45) is 0. The Hall–Kier alpha value is -2.53. The minimum absolute atomic E-state index is 0.170. The molecule has 0 bridgehead atoms. The molecule has 0 saturated carbocycles. The van der Waals surface area contributed by atoms with E-state index in [4.69, 9.17) is 16.3 Å². The molecule has 3 aromatic rings. The van der Waals surface area contributed by atoms with Crippen LogP contribution in [-0.2, 0) is 11.3 Å². The average molecular weight is 360 g/mol. The number of carboxylic acid groups (broad SMARTS) is 1. The number of aliphatic carboxylic acids is 1. The molecule has 6 heteroatoms. The molecule has 0 atom stereocenters. The summed E-state index contributed by atoms with van der Waals surface area (Å²) in [6, 6.07) is 8.72. The zero-order valence-corrected chi connectivity index (χ0v) is 14.9. The van der Waals surface area contributed by atoms with Crippen molar-refractivity contribution in [2.45, 2.75) is 26.3 Å². The zero-order valence-electron chi connectivity index (χ0n) is 14.2. The molecule has 5 nitrogen and oxygen atoms in total. The molecule has 0 aliphatic rings. The number of methoxy groups -OCH3 is 1. The fourth-order valence-electron chi connectivity index (χ4n) is 3.08. The summed E-state index contributed by atoms with van der Waals surface area (Å²) >= 11 is 6.21. The third-order valence-corrected chi connectivity index (χ3v) is 4.62. The highest BCUT2D eigenvalue weighted by molar-refractivity contribution is 6.33. The summed E-state index contributed by atoms with van der Waals surface area (Å²) in [5, 5.41) is 10.6. The van der Waals surface area contributed by atoms with Crippen LogP contribution in [0.5, 0.6) is 5.75 Å². The van der Waals surface area contributed by atoms with Gasteiger partial charge >= 0.3 is 5.97 Å². The number of carbonyl (C=O) groups is 1. The molecule has 130 valence electrons. The first-order valence-electron chi connectivity index (χ1n) is 7.89. The third-order valence-electron chi connectivity index (χ3n) is 4.32. The number of nitrogens with zero attached hydrogens (tertiary/aromatic N) is 1. The Morgan fingerprint density at radius 3 is 2.52 bits per heavy atom. The van der Waals surface area contributed by atoms with Crippen LogP contribution in [0.4, 0.5) is 0 Å². The molecular formula is C19H18ClNO4. The van der Waals surface area contributed by atoms with Crippen molar-refractivity contribution in [2.24, 2.45) is 0 Å². The molecule has 1 N–H and O–H groups in total. The van der Waals surface area contributed by atoms with E-state index in [9.17, 15) is 14.7 Å². The van der Waals surface area contributed by atoms with Crippen LogP contribution < -0.4 is 10.2 Å². The molecule has 2 aromatic carbocycles. The highest BCUT2D eigenvalue weighted by atomic mass is 35.5. The van der Waals surface area contributed by atoms with Crippen LogP contribution in [0.1, 0.15) is 25.3 Å². The van der Waals surface area contributed by atoms with Crippen molar-refractivity contribution in [1.82, 2.24) is 4.57 Å². The van der Waals surface area contributed by atoms with Gasteiger partial charge in [0.2, 0.25) is 0 Å². The zero-order chi connectivity index (χ0) is 18.3. The lowest BCUT2D eigenvalue weighted by atomic mass is 10.00. The molecule has 0 aliphatic heterocycles. The number of pyridine rings is 1. The molecule has 0 unspecified atom stereocenters. The van der Waals surface area contributed by atoms with E-state index in [0.29, 0.717) is 32.6 Å². The Balaban J connectivity index is 2.59. The monoisotopic (exact) mass is 359 g/mol. The number of hydrogen-bond acceptors (Lipinski definition) is 3. The van der Waals surface area contributed by atoms with Crippen LogP contribution in [0, 0.1) is 0 Å². The van der Waals surface area contributed by atoms with Crippen molar-refractivity contribution in [3.8, 4) is 5.75 Å². The summed E-state index contributed by atoms with van der Waals surface area (Å²) < 4.78 is 6.97. The molecule has 0 radical (unpaired) electrons. The summed E-state index contributed by atoms with van der Waals surface area (Å²) in [6.45, 7) is 3.78. The average Bonchev–Trinajstić information content (AvgIpc) is 2.57. The van der Waals surface area contributed by atoms with Gasteiger partial charge in [-0.15, -0.1) is 0 Å². The lowest BCUT2D eigenvalue weighted by molar-refractivity contribution is -0.137. The largest absolute Gasteiger partial charge is 0.493 e. The smallest absolute Gasteiger partial charge is 0.323 e. The van der Waals surface area contributed by atoms with E-state index in [2.05, 4.69) is 0 Å². The summed E-state index contributed by atoms with van der Waals surface area (Å²) in [7, 11) is 1.45.